The van der Waals surface area contributed by atoms with Gasteiger partial charge in [0.15, 0.2) is 0 Å². The van der Waals surface area contributed by atoms with Crippen LogP contribution in [0.25, 0.3) is 0 Å². The zero-order valence-corrected chi connectivity index (χ0v) is 7.37. The third-order valence-corrected chi connectivity index (χ3v) is 1.66. The number of hydrogen-bond acceptors (Lipinski definition) is 3. The summed E-state index contributed by atoms with van der Waals surface area (Å²) in [5.74, 6) is 0.240. The van der Waals surface area contributed by atoms with Gasteiger partial charge in [-0.15, -0.1) is 0 Å². The van der Waals surface area contributed by atoms with E-state index in [2.05, 4.69) is 4.98 Å². The van der Waals surface area contributed by atoms with Crippen LogP contribution >= 0.6 is 0 Å². The maximum Gasteiger partial charge on any atom is 0.131 e. The fraction of sp³-hybridized carbons (Fsp3) is 0.333. The third kappa shape index (κ3) is 2.71. The molecular weight excluding hydrogens is 169 g/mol. The largest absolute Gasteiger partial charge is 0.359 e. The number of nitriles is 1. The van der Waals surface area contributed by atoms with Crippen molar-refractivity contribution in [3.63, 3.8) is 0 Å². The molecule has 3 nitrogen and oxygen atoms in total. The second-order valence-electron chi connectivity index (χ2n) is 2.66. The molecule has 0 N–H and O–H groups in total. The predicted molar refractivity (Wildman–Crippen MR) is 47.7 cm³/mol. The number of hydrogen-bond donors (Lipinski definition) is 0. The minimum Gasteiger partial charge on any atom is -0.359 e. The van der Waals surface area contributed by atoms with E-state index in [4.69, 9.17) is 5.26 Å². The standard InChI is InChI=1S/C9H10FN3/c1-13(6-2-4-11)9-7-8(10)3-5-12-9/h3,5,7H,2,6H2,1H3. The Hall–Kier alpha value is -1.63. The van der Waals surface area contributed by atoms with Gasteiger partial charge in [-0.3, -0.25) is 0 Å². The van der Waals surface area contributed by atoms with Crippen molar-refractivity contribution in [2.45, 2.75) is 6.42 Å². The second-order valence-corrected chi connectivity index (χ2v) is 2.66. The first-order chi connectivity index (χ1) is 6.24. The molecule has 1 aromatic heterocycles. The molecule has 4 heteroatoms. The first-order valence-electron chi connectivity index (χ1n) is 3.93. The van der Waals surface area contributed by atoms with Crippen LogP contribution in [0.5, 0.6) is 0 Å². The molecule has 0 atom stereocenters. The van der Waals surface area contributed by atoms with Crippen LogP contribution in [-0.2, 0) is 0 Å². The summed E-state index contributed by atoms with van der Waals surface area (Å²) in [5, 5.41) is 8.35. The van der Waals surface area contributed by atoms with Gasteiger partial charge in [-0.05, 0) is 6.07 Å². The van der Waals surface area contributed by atoms with E-state index in [0.717, 1.165) is 0 Å². The monoisotopic (exact) mass is 179 g/mol. The Labute approximate surface area is 76.4 Å². The van der Waals surface area contributed by atoms with Crippen LogP contribution in [0.2, 0.25) is 0 Å². The zero-order chi connectivity index (χ0) is 9.68. The molecule has 0 aliphatic heterocycles. The Morgan fingerprint density at radius 3 is 3.08 bits per heavy atom. The Morgan fingerprint density at radius 2 is 2.46 bits per heavy atom. The van der Waals surface area contributed by atoms with Gasteiger partial charge in [-0.25, -0.2) is 9.37 Å². The van der Waals surface area contributed by atoms with E-state index in [9.17, 15) is 4.39 Å². The smallest absolute Gasteiger partial charge is 0.131 e. The SMILES string of the molecule is CN(CCC#N)c1cc(F)ccn1. The van der Waals surface area contributed by atoms with Crippen molar-refractivity contribution < 1.29 is 4.39 Å². The number of anilines is 1. The fourth-order valence-corrected chi connectivity index (χ4v) is 0.935. The lowest BCUT2D eigenvalue weighted by Gasteiger charge is -2.15. The van der Waals surface area contributed by atoms with Crippen molar-refractivity contribution in [3.05, 3.63) is 24.1 Å². The number of pyridine rings is 1. The highest BCUT2D eigenvalue weighted by atomic mass is 19.1. The molecule has 68 valence electrons. The lowest BCUT2D eigenvalue weighted by atomic mass is 10.4. The predicted octanol–water partition coefficient (Wildman–Crippen LogP) is 1.57. The van der Waals surface area contributed by atoms with Gasteiger partial charge >= 0.3 is 0 Å². The average Bonchev–Trinajstić information content (AvgIpc) is 2.14. The van der Waals surface area contributed by atoms with Gasteiger partial charge in [0.1, 0.15) is 11.6 Å². The quantitative estimate of drug-likeness (QED) is 0.707. The molecule has 0 aliphatic carbocycles. The lowest BCUT2D eigenvalue weighted by molar-refractivity contribution is 0.624. The summed E-state index contributed by atoms with van der Waals surface area (Å²) in [4.78, 5) is 5.71. The molecule has 1 aromatic rings. The van der Waals surface area contributed by atoms with E-state index in [1.807, 2.05) is 6.07 Å². The summed E-state index contributed by atoms with van der Waals surface area (Å²) in [6.45, 7) is 0.562. The molecule has 1 rings (SSSR count). The normalized spacial score (nSPS) is 9.31. The summed E-state index contributed by atoms with van der Waals surface area (Å²) in [5.41, 5.74) is 0. The molecule has 0 saturated heterocycles. The number of rotatable bonds is 3. The Kier molecular flexibility index (Phi) is 3.21. The van der Waals surface area contributed by atoms with Crippen molar-refractivity contribution in [2.75, 3.05) is 18.5 Å². The van der Waals surface area contributed by atoms with Crippen molar-refractivity contribution in [3.8, 4) is 6.07 Å². The summed E-state index contributed by atoms with van der Waals surface area (Å²) in [6.07, 6.45) is 1.82. The molecule has 0 amide bonds. The summed E-state index contributed by atoms with van der Waals surface area (Å²) < 4.78 is 12.7. The van der Waals surface area contributed by atoms with Crippen molar-refractivity contribution in [1.29, 1.82) is 5.26 Å². The molecule has 13 heavy (non-hydrogen) atoms. The third-order valence-electron chi connectivity index (χ3n) is 1.66. The maximum absolute atomic E-state index is 12.7. The van der Waals surface area contributed by atoms with Crippen LogP contribution in [-0.4, -0.2) is 18.6 Å². The first-order valence-corrected chi connectivity index (χ1v) is 3.93. The van der Waals surface area contributed by atoms with E-state index in [-0.39, 0.29) is 5.82 Å². The van der Waals surface area contributed by atoms with E-state index in [0.29, 0.717) is 18.8 Å². The Balaban J connectivity index is 2.66. The highest BCUT2D eigenvalue weighted by Crippen LogP contribution is 2.09. The highest BCUT2D eigenvalue weighted by Gasteiger charge is 2.01. The fourth-order valence-electron chi connectivity index (χ4n) is 0.935. The zero-order valence-electron chi connectivity index (χ0n) is 7.37. The minimum absolute atomic E-state index is 0.311. The van der Waals surface area contributed by atoms with Gasteiger partial charge in [0.2, 0.25) is 0 Å². The maximum atomic E-state index is 12.7. The molecule has 0 unspecified atom stereocenters. The van der Waals surface area contributed by atoms with Crippen LogP contribution in [0.1, 0.15) is 6.42 Å². The van der Waals surface area contributed by atoms with E-state index in [1.54, 1.807) is 11.9 Å². The van der Waals surface area contributed by atoms with E-state index in [1.165, 1.54) is 18.3 Å². The van der Waals surface area contributed by atoms with Gasteiger partial charge in [-0.2, -0.15) is 5.26 Å². The average molecular weight is 179 g/mol. The molecule has 0 fully saturated rings. The minimum atomic E-state index is -0.311. The van der Waals surface area contributed by atoms with E-state index >= 15 is 0 Å². The first kappa shape index (κ1) is 9.46. The van der Waals surface area contributed by atoms with Crippen LogP contribution in [0.3, 0.4) is 0 Å². The molecular formula is C9H10FN3. The highest BCUT2D eigenvalue weighted by molar-refractivity contribution is 5.36. The summed E-state index contributed by atoms with van der Waals surface area (Å²) in [6, 6.07) is 4.66. The summed E-state index contributed by atoms with van der Waals surface area (Å²) >= 11 is 0. The molecule has 0 aromatic carbocycles. The van der Waals surface area contributed by atoms with Crippen LogP contribution in [0.4, 0.5) is 10.2 Å². The lowest BCUT2D eigenvalue weighted by Crippen LogP contribution is -2.19. The van der Waals surface area contributed by atoms with Gasteiger partial charge in [0, 0.05) is 25.9 Å². The van der Waals surface area contributed by atoms with Crippen LogP contribution in [0.15, 0.2) is 18.3 Å². The number of aromatic nitrogens is 1. The van der Waals surface area contributed by atoms with Gasteiger partial charge in [0.05, 0.1) is 12.5 Å². The number of nitrogens with zero attached hydrogens (tertiary/aromatic N) is 3. The van der Waals surface area contributed by atoms with Crippen molar-refractivity contribution in [2.24, 2.45) is 0 Å². The van der Waals surface area contributed by atoms with Crippen molar-refractivity contribution >= 4 is 5.82 Å². The molecule has 0 aliphatic rings. The molecule has 0 radical (unpaired) electrons. The Bertz CT molecular complexity index is 319. The Morgan fingerprint density at radius 1 is 1.69 bits per heavy atom. The number of halogens is 1. The summed E-state index contributed by atoms with van der Waals surface area (Å²) in [7, 11) is 1.78. The van der Waals surface area contributed by atoms with Gasteiger partial charge < -0.3 is 4.90 Å². The molecule has 0 saturated carbocycles. The van der Waals surface area contributed by atoms with Gasteiger partial charge in [0.25, 0.3) is 0 Å². The van der Waals surface area contributed by atoms with Gasteiger partial charge in [-0.1, -0.05) is 0 Å². The molecule has 0 spiro atoms. The topological polar surface area (TPSA) is 39.9 Å². The molecule has 0 bridgehead atoms. The van der Waals surface area contributed by atoms with Crippen LogP contribution < -0.4 is 4.90 Å². The van der Waals surface area contributed by atoms with E-state index < -0.39 is 0 Å². The van der Waals surface area contributed by atoms with Crippen molar-refractivity contribution in [1.82, 2.24) is 4.98 Å². The second kappa shape index (κ2) is 4.41. The van der Waals surface area contributed by atoms with Crippen LogP contribution in [0, 0.1) is 17.1 Å². The molecule has 1 heterocycles.